The predicted octanol–water partition coefficient (Wildman–Crippen LogP) is 3.54. The van der Waals surface area contributed by atoms with Crippen molar-refractivity contribution in [1.82, 2.24) is 14.7 Å². The first-order valence-corrected chi connectivity index (χ1v) is 10.5. The lowest BCUT2D eigenvalue weighted by Gasteiger charge is -2.38. The Labute approximate surface area is 187 Å². The first-order chi connectivity index (χ1) is 15.6. The third-order valence-corrected chi connectivity index (χ3v) is 5.56. The van der Waals surface area contributed by atoms with Gasteiger partial charge in [0.05, 0.1) is 22.6 Å². The Balaban J connectivity index is 1.49. The minimum Gasteiger partial charge on any atom is -0.394 e. The molecule has 2 unspecified atom stereocenters. The number of pyridine rings is 1. The van der Waals surface area contributed by atoms with Crippen molar-refractivity contribution in [3.8, 4) is 11.5 Å². The van der Waals surface area contributed by atoms with Gasteiger partial charge in [-0.25, -0.2) is 9.37 Å². The van der Waals surface area contributed by atoms with Crippen LogP contribution in [0, 0.1) is 12.7 Å². The van der Waals surface area contributed by atoms with Crippen LogP contribution in [-0.4, -0.2) is 46.8 Å². The van der Waals surface area contributed by atoms with Gasteiger partial charge < -0.3 is 29.4 Å². The first-order valence-electron chi connectivity index (χ1n) is 10.5. The molecule has 0 radical (unpaired) electrons. The number of alkyl halides is 2. The zero-order valence-electron chi connectivity index (χ0n) is 18.2. The SMILES string of the molecule is Cc1cn2cc(NC(=O)c3ccc(N4CC(C)NC(C)C4)c4c3OC(F)(F)O4)cc(F)c2n1. The van der Waals surface area contributed by atoms with E-state index in [4.69, 9.17) is 9.47 Å². The van der Waals surface area contributed by atoms with Crippen molar-refractivity contribution in [2.24, 2.45) is 0 Å². The minimum absolute atomic E-state index is 0.117. The van der Waals surface area contributed by atoms with Crippen molar-refractivity contribution >= 4 is 22.9 Å². The summed E-state index contributed by atoms with van der Waals surface area (Å²) < 4.78 is 53.5. The van der Waals surface area contributed by atoms with Gasteiger partial charge in [0.15, 0.2) is 23.0 Å². The van der Waals surface area contributed by atoms with Crippen LogP contribution in [0.25, 0.3) is 5.65 Å². The Hall–Kier alpha value is -3.47. The molecule has 0 bridgehead atoms. The molecule has 1 saturated heterocycles. The molecule has 2 aliphatic rings. The fourth-order valence-electron chi connectivity index (χ4n) is 4.41. The van der Waals surface area contributed by atoms with Gasteiger partial charge in [-0.15, -0.1) is 8.78 Å². The first kappa shape index (κ1) is 21.4. The number of fused-ring (bicyclic) bond motifs is 2. The maximum absolute atomic E-state index is 14.4. The highest BCUT2D eigenvalue weighted by molar-refractivity contribution is 6.07. The number of nitrogens with one attached hydrogen (secondary N) is 2. The number of aryl methyl sites for hydroxylation is 1. The van der Waals surface area contributed by atoms with Crippen molar-refractivity contribution < 1.29 is 27.4 Å². The lowest BCUT2D eigenvalue weighted by Crippen LogP contribution is -2.54. The summed E-state index contributed by atoms with van der Waals surface area (Å²) in [5.74, 6) is -1.92. The monoisotopic (exact) mass is 461 g/mol. The van der Waals surface area contributed by atoms with Gasteiger partial charge in [0.25, 0.3) is 5.91 Å². The van der Waals surface area contributed by atoms with E-state index in [-0.39, 0.29) is 40.5 Å². The van der Waals surface area contributed by atoms with Crippen molar-refractivity contribution in [3.63, 3.8) is 0 Å². The molecule has 2 aromatic heterocycles. The number of halogens is 3. The van der Waals surface area contributed by atoms with E-state index in [9.17, 15) is 18.0 Å². The van der Waals surface area contributed by atoms with E-state index in [2.05, 4.69) is 15.6 Å². The van der Waals surface area contributed by atoms with Crippen LogP contribution < -0.4 is 25.0 Å². The molecule has 11 heteroatoms. The average molecular weight is 461 g/mol. The Morgan fingerprint density at radius 3 is 2.61 bits per heavy atom. The lowest BCUT2D eigenvalue weighted by molar-refractivity contribution is -0.286. The number of aromatic nitrogens is 2. The number of rotatable bonds is 3. The maximum Gasteiger partial charge on any atom is 0.586 e. The van der Waals surface area contributed by atoms with Gasteiger partial charge in [-0.2, -0.15) is 0 Å². The van der Waals surface area contributed by atoms with Gasteiger partial charge in [-0.05, 0) is 32.9 Å². The Morgan fingerprint density at radius 1 is 1.18 bits per heavy atom. The highest BCUT2D eigenvalue weighted by Gasteiger charge is 2.47. The van der Waals surface area contributed by atoms with Gasteiger partial charge in [-0.1, -0.05) is 0 Å². The summed E-state index contributed by atoms with van der Waals surface area (Å²) in [6.45, 7) is 6.84. The molecule has 2 N–H and O–H groups in total. The number of piperazine rings is 1. The smallest absolute Gasteiger partial charge is 0.394 e. The van der Waals surface area contributed by atoms with Crippen molar-refractivity contribution in [1.29, 1.82) is 0 Å². The summed E-state index contributed by atoms with van der Waals surface area (Å²) in [4.78, 5) is 19.0. The summed E-state index contributed by atoms with van der Waals surface area (Å²) in [5, 5.41) is 5.91. The molecule has 5 rings (SSSR count). The van der Waals surface area contributed by atoms with Crippen molar-refractivity contribution in [2.45, 2.75) is 39.1 Å². The fraction of sp³-hybridized carbons (Fsp3) is 0.364. The van der Waals surface area contributed by atoms with E-state index in [1.807, 2.05) is 18.7 Å². The molecule has 1 amide bonds. The third kappa shape index (κ3) is 3.92. The number of nitrogens with zero attached hydrogens (tertiary/aromatic N) is 3. The highest BCUT2D eigenvalue weighted by atomic mass is 19.3. The number of carbonyl (C=O) groups excluding carboxylic acids is 1. The minimum atomic E-state index is -3.90. The number of imidazole rings is 1. The second-order valence-electron chi connectivity index (χ2n) is 8.48. The summed E-state index contributed by atoms with van der Waals surface area (Å²) >= 11 is 0. The standard InChI is InChI=1S/C22H22F3N5O3/c1-11-7-29(8-12(2)26-11)17-5-4-15(18-19(17)33-22(24,25)32-18)21(31)28-14-6-16(23)20-27-13(3)9-30(20)10-14/h4-6,9-12,26H,7-8H2,1-3H3,(H,28,31). The molecular weight excluding hydrogens is 439 g/mol. The van der Waals surface area contributed by atoms with E-state index in [0.29, 0.717) is 24.5 Å². The summed E-state index contributed by atoms with van der Waals surface area (Å²) in [6.07, 6.45) is -0.813. The van der Waals surface area contributed by atoms with E-state index in [1.54, 1.807) is 19.2 Å². The van der Waals surface area contributed by atoms with E-state index in [1.165, 1.54) is 16.7 Å². The summed E-state index contributed by atoms with van der Waals surface area (Å²) in [5.41, 5.74) is 1.13. The second kappa shape index (κ2) is 7.55. The molecule has 33 heavy (non-hydrogen) atoms. The lowest BCUT2D eigenvalue weighted by atomic mass is 10.1. The zero-order chi connectivity index (χ0) is 23.5. The highest BCUT2D eigenvalue weighted by Crippen LogP contribution is 2.49. The van der Waals surface area contributed by atoms with Crippen LogP contribution in [0.3, 0.4) is 0 Å². The molecule has 174 valence electrons. The fourth-order valence-corrected chi connectivity index (χ4v) is 4.41. The number of anilines is 2. The van der Waals surface area contributed by atoms with Crippen LogP contribution in [0.2, 0.25) is 0 Å². The Kier molecular flexibility index (Phi) is 4.89. The number of benzene rings is 1. The quantitative estimate of drug-likeness (QED) is 0.621. The van der Waals surface area contributed by atoms with E-state index in [0.717, 1.165) is 6.07 Å². The molecular formula is C22H22F3N5O3. The number of carbonyl (C=O) groups is 1. The number of hydrogen-bond donors (Lipinski definition) is 2. The van der Waals surface area contributed by atoms with E-state index < -0.39 is 18.0 Å². The number of ether oxygens (including phenoxy) is 2. The normalized spacial score (nSPS) is 21.5. The second-order valence-corrected chi connectivity index (χ2v) is 8.48. The zero-order valence-corrected chi connectivity index (χ0v) is 18.2. The molecule has 0 aliphatic carbocycles. The van der Waals surface area contributed by atoms with Crippen LogP contribution in [0.1, 0.15) is 29.9 Å². The molecule has 2 aliphatic heterocycles. The van der Waals surface area contributed by atoms with E-state index >= 15 is 0 Å². The predicted molar refractivity (Wildman–Crippen MR) is 115 cm³/mol. The topological polar surface area (TPSA) is 80.1 Å². The maximum atomic E-state index is 14.4. The number of amides is 1. The molecule has 8 nitrogen and oxygen atoms in total. The van der Waals surface area contributed by atoms with Crippen LogP contribution >= 0.6 is 0 Å². The molecule has 4 heterocycles. The average Bonchev–Trinajstić information content (AvgIpc) is 3.24. The van der Waals surface area contributed by atoms with Crippen molar-refractivity contribution in [3.05, 3.63) is 47.7 Å². The van der Waals surface area contributed by atoms with Gasteiger partial charge >= 0.3 is 6.29 Å². The Bertz CT molecular complexity index is 1250. The third-order valence-electron chi connectivity index (χ3n) is 5.56. The largest absolute Gasteiger partial charge is 0.586 e. The molecule has 1 fully saturated rings. The van der Waals surface area contributed by atoms with Crippen LogP contribution in [0.5, 0.6) is 11.5 Å². The molecule has 2 atom stereocenters. The molecule has 0 saturated carbocycles. The van der Waals surface area contributed by atoms with Crippen LogP contribution in [0.4, 0.5) is 24.5 Å². The van der Waals surface area contributed by atoms with Crippen molar-refractivity contribution in [2.75, 3.05) is 23.3 Å². The van der Waals surface area contributed by atoms with Gasteiger partial charge in [0, 0.05) is 43.6 Å². The summed E-state index contributed by atoms with van der Waals surface area (Å²) in [6, 6.07) is 4.34. The molecule has 0 spiro atoms. The van der Waals surface area contributed by atoms with Gasteiger partial charge in [-0.3, -0.25) is 4.79 Å². The van der Waals surface area contributed by atoms with Crippen LogP contribution in [0.15, 0.2) is 30.6 Å². The summed E-state index contributed by atoms with van der Waals surface area (Å²) in [7, 11) is 0. The van der Waals surface area contributed by atoms with Gasteiger partial charge in [0.2, 0.25) is 0 Å². The Morgan fingerprint density at radius 2 is 1.88 bits per heavy atom. The van der Waals surface area contributed by atoms with Gasteiger partial charge in [0.1, 0.15) is 0 Å². The number of hydrogen-bond acceptors (Lipinski definition) is 6. The van der Waals surface area contributed by atoms with Crippen LogP contribution in [-0.2, 0) is 0 Å². The molecule has 1 aromatic carbocycles. The molecule has 3 aromatic rings.